The molecule has 9 nitrogen and oxygen atoms in total. The van der Waals surface area contributed by atoms with E-state index in [1.54, 1.807) is 67.8 Å². The summed E-state index contributed by atoms with van der Waals surface area (Å²) in [5.74, 6) is -0.157. The third kappa shape index (κ3) is 9.15. The van der Waals surface area contributed by atoms with Crippen molar-refractivity contribution in [3.05, 3.63) is 173 Å². The number of thioether (sulfide) groups is 1. The van der Waals surface area contributed by atoms with Crippen molar-refractivity contribution < 1.29 is 23.9 Å². The first-order valence-corrected chi connectivity index (χ1v) is 19.3. The van der Waals surface area contributed by atoms with E-state index in [0.717, 1.165) is 32.5 Å². The van der Waals surface area contributed by atoms with Crippen LogP contribution in [0.2, 0.25) is 0 Å². The molecule has 0 radical (unpaired) electrons. The summed E-state index contributed by atoms with van der Waals surface area (Å²) in [5.41, 5.74) is 4.05. The number of carbonyl (C=O) groups is 3. The molecular formula is C45H36N4O5S2. The lowest BCUT2D eigenvalue weighted by Gasteiger charge is -2.17. The fourth-order valence-electron chi connectivity index (χ4n) is 5.87. The first-order chi connectivity index (χ1) is 27.4. The highest BCUT2D eigenvalue weighted by atomic mass is 32.2. The molecule has 1 heterocycles. The largest absolute Gasteiger partial charge is 0.497 e. The van der Waals surface area contributed by atoms with Gasteiger partial charge in [-0.2, -0.15) is 0 Å². The van der Waals surface area contributed by atoms with Crippen LogP contribution in [0.3, 0.4) is 0 Å². The van der Waals surface area contributed by atoms with Crippen LogP contribution in [-0.4, -0.2) is 36.9 Å². The average molecular weight is 777 g/mol. The SMILES string of the molecule is COc1ccc(/C=C(\NC(=O)c2ccccc2)C(=O)Nc2ccc(SC(C(=O)Nc3nc(-c4ccc5ccccc5c4)cs3)c3ccccc3)cc2)c(OC)c1. The number of anilines is 2. The standard InChI is InChI=1S/C45H36N4O5S2/c1-53-36-22-19-34(40(27-36)54-2)26-38(47-42(50)31-14-7-4-8-15-31)43(51)46-35-20-23-37(24-21-35)56-41(30-12-5-3-6-13-30)44(52)49-45-48-39(28-55-45)33-18-17-29-11-9-10-16-32(29)25-33/h3-28,41H,1-2H3,(H,46,51)(H,47,50)(H,48,49,52)/b38-26-. The van der Waals surface area contributed by atoms with E-state index in [4.69, 9.17) is 14.5 Å². The minimum absolute atomic E-state index is 0.00698. The van der Waals surface area contributed by atoms with Gasteiger partial charge in [0.05, 0.1) is 19.9 Å². The second-order valence-corrected chi connectivity index (χ2v) is 14.5. The lowest BCUT2D eigenvalue weighted by molar-refractivity contribution is -0.116. The Labute approximate surface area is 332 Å². The van der Waals surface area contributed by atoms with Gasteiger partial charge in [-0.1, -0.05) is 84.9 Å². The molecule has 1 aromatic heterocycles. The fraction of sp³-hybridized carbons (Fsp3) is 0.0667. The summed E-state index contributed by atoms with van der Waals surface area (Å²) < 4.78 is 10.8. The normalized spacial score (nSPS) is 11.7. The number of nitrogens with zero attached hydrogens (tertiary/aromatic N) is 1. The molecule has 6 aromatic carbocycles. The number of nitrogens with one attached hydrogen (secondary N) is 3. The molecule has 278 valence electrons. The second-order valence-electron chi connectivity index (χ2n) is 12.5. The molecule has 3 N–H and O–H groups in total. The zero-order valence-corrected chi connectivity index (χ0v) is 32.0. The summed E-state index contributed by atoms with van der Waals surface area (Å²) in [6.45, 7) is 0. The summed E-state index contributed by atoms with van der Waals surface area (Å²) in [4.78, 5) is 46.3. The van der Waals surface area contributed by atoms with E-state index in [-0.39, 0.29) is 11.6 Å². The van der Waals surface area contributed by atoms with Crippen molar-refractivity contribution in [1.29, 1.82) is 0 Å². The number of hydrogen-bond acceptors (Lipinski definition) is 8. The Balaban J connectivity index is 1.07. The molecule has 0 aliphatic carbocycles. The van der Waals surface area contributed by atoms with E-state index >= 15 is 0 Å². The molecule has 11 heteroatoms. The van der Waals surface area contributed by atoms with E-state index in [0.29, 0.717) is 33.4 Å². The zero-order valence-electron chi connectivity index (χ0n) is 30.4. The Morgan fingerprint density at radius 1 is 0.732 bits per heavy atom. The Hall–Kier alpha value is -6.69. The maximum Gasteiger partial charge on any atom is 0.272 e. The van der Waals surface area contributed by atoms with Crippen LogP contribution in [0, 0.1) is 0 Å². The van der Waals surface area contributed by atoms with Crippen molar-refractivity contribution in [1.82, 2.24) is 10.3 Å². The van der Waals surface area contributed by atoms with Gasteiger partial charge in [0.1, 0.15) is 22.4 Å². The van der Waals surface area contributed by atoms with Crippen LogP contribution in [-0.2, 0) is 9.59 Å². The predicted octanol–water partition coefficient (Wildman–Crippen LogP) is 9.86. The van der Waals surface area contributed by atoms with Gasteiger partial charge < -0.3 is 25.4 Å². The molecule has 0 fully saturated rings. The van der Waals surface area contributed by atoms with Crippen LogP contribution >= 0.6 is 23.1 Å². The highest BCUT2D eigenvalue weighted by Gasteiger charge is 2.24. The quantitative estimate of drug-likeness (QED) is 0.0788. The summed E-state index contributed by atoms with van der Waals surface area (Å²) >= 11 is 2.76. The van der Waals surface area contributed by atoms with E-state index < -0.39 is 17.1 Å². The number of aromatic nitrogens is 1. The molecule has 7 aromatic rings. The van der Waals surface area contributed by atoms with Crippen LogP contribution in [0.1, 0.15) is 26.7 Å². The molecule has 0 aliphatic heterocycles. The van der Waals surface area contributed by atoms with Crippen molar-refractivity contribution in [2.75, 3.05) is 24.9 Å². The van der Waals surface area contributed by atoms with Gasteiger partial charge in [-0.15, -0.1) is 23.1 Å². The third-order valence-electron chi connectivity index (χ3n) is 8.76. The summed E-state index contributed by atoms with van der Waals surface area (Å²) in [6.07, 6.45) is 1.55. The van der Waals surface area contributed by atoms with E-state index in [9.17, 15) is 14.4 Å². The van der Waals surface area contributed by atoms with Crippen LogP contribution in [0.25, 0.3) is 28.1 Å². The van der Waals surface area contributed by atoms with Gasteiger partial charge in [-0.05, 0) is 77.0 Å². The highest BCUT2D eigenvalue weighted by molar-refractivity contribution is 8.00. The summed E-state index contributed by atoms with van der Waals surface area (Å²) in [6, 6.07) is 44.9. The van der Waals surface area contributed by atoms with Gasteiger partial charge in [-0.3, -0.25) is 14.4 Å². The van der Waals surface area contributed by atoms with E-state index in [1.807, 2.05) is 72.1 Å². The number of thiazole rings is 1. The minimum atomic E-state index is -0.591. The van der Waals surface area contributed by atoms with Crippen molar-refractivity contribution >= 4 is 68.5 Å². The van der Waals surface area contributed by atoms with Crippen LogP contribution in [0.5, 0.6) is 11.5 Å². The number of amides is 3. The number of hydrogen-bond donors (Lipinski definition) is 3. The number of methoxy groups -OCH3 is 2. The molecule has 3 amide bonds. The fourth-order valence-corrected chi connectivity index (χ4v) is 7.62. The first-order valence-electron chi connectivity index (χ1n) is 17.6. The molecule has 0 saturated heterocycles. The summed E-state index contributed by atoms with van der Waals surface area (Å²) in [7, 11) is 3.07. The maximum absolute atomic E-state index is 13.9. The van der Waals surface area contributed by atoms with Crippen LogP contribution in [0.15, 0.2) is 162 Å². The van der Waals surface area contributed by atoms with Crippen molar-refractivity contribution in [3.63, 3.8) is 0 Å². The molecule has 56 heavy (non-hydrogen) atoms. The molecule has 1 unspecified atom stereocenters. The van der Waals surface area contributed by atoms with Crippen molar-refractivity contribution in [3.8, 4) is 22.8 Å². The Morgan fingerprint density at radius 3 is 2.18 bits per heavy atom. The first kappa shape index (κ1) is 37.6. The van der Waals surface area contributed by atoms with Gasteiger partial charge >= 0.3 is 0 Å². The van der Waals surface area contributed by atoms with Crippen LogP contribution < -0.4 is 25.4 Å². The number of ether oxygens (including phenoxy) is 2. The molecule has 0 bridgehead atoms. The summed E-state index contributed by atoms with van der Waals surface area (Å²) in [5, 5.41) is 12.8. The lowest BCUT2D eigenvalue weighted by Crippen LogP contribution is -2.30. The van der Waals surface area contributed by atoms with Gasteiger partial charge in [0.25, 0.3) is 11.8 Å². The monoisotopic (exact) mass is 776 g/mol. The third-order valence-corrected chi connectivity index (χ3v) is 10.8. The molecule has 0 aliphatic rings. The number of benzene rings is 6. The Kier molecular flexibility index (Phi) is 11.8. The molecule has 0 saturated carbocycles. The second kappa shape index (κ2) is 17.6. The highest BCUT2D eigenvalue weighted by Crippen LogP contribution is 2.38. The number of carbonyl (C=O) groups excluding carboxylic acids is 3. The Bertz CT molecular complexity index is 2520. The predicted molar refractivity (Wildman–Crippen MR) is 225 cm³/mol. The van der Waals surface area contributed by atoms with E-state index in [2.05, 4.69) is 40.2 Å². The number of fused-ring (bicyclic) bond motifs is 1. The lowest BCUT2D eigenvalue weighted by atomic mass is 10.1. The average Bonchev–Trinajstić information content (AvgIpc) is 3.71. The minimum Gasteiger partial charge on any atom is -0.497 e. The molecular weight excluding hydrogens is 741 g/mol. The molecule has 0 spiro atoms. The van der Waals surface area contributed by atoms with Crippen molar-refractivity contribution in [2.24, 2.45) is 0 Å². The van der Waals surface area contributed by atoms with Gasteiger partial charge in [0.15, 0.2) is 5.13 Å². The van der Waals surface area contributed by atoms with Gasteiger partial charge in [-0.25, -0.2) is 4.98 Å². The number of rotatable bonds is 13. The topological polar surface area (TPSA) is 119 Å². The maximum atomic E-state index is 13.9. The Morgan fingerprint density at radius 2 is 1.45 bits per heavy atom. The van der Waals surface area contributed by atoms with Crippen LogP contribution in [0.4, 0.5) is 10.8 Å². The van der Waals surface area contributed by atoms with E-state index in [1.165, 1.54) is 30.2 Å². The molecule has 1 atom stereocenters. The smallest absolute Gasteiger partial charge is 0.272 e. The molecule has 7 rings (SSSR count). The van der Waals surface area contributed by atoms with Crippen molar-refractivity contribution in [2.45, 2.75) is 10.1 Å². The van der Waals surface area contributed by atoms with Gasteiger partial charge in [0.2, 0.25) is 5.91 Å². The van der Waals surface area contributed by atoms with Gasteiger partial charge in [0, 0.05) is 38.7 Å². The zero-order chi connectivity index (χ0) is 38.9.